The van der Waals surface area contributed by atoms with Crippen molar-refractivity contribution in [3.63, 3.8) is 0 Å². The molecule has 3 aromatic rings. The molecule has 0 saturated heterocycles. The van der Waals surface area contributed by atoms with Crippen LogP contribution in [0.5, 0.6) is 5.75 Å². The highest BCUT2D eigenvalue weighted by Crippen LogP contribution is 2.22. The summed E-state index contributed by atoms with van der Waals surface area (Å²) in [6, 6.07) is 11.3. The van der Waals surface area contributed by atoms with Crippen molar-refractivity contribution in [1.29, 1.82) is 0 Å². The highest BCUT2D eigenvalue weighted by Gasteiger charge is 2.09. The Labute approximate surface area is 126 Å². The van der Waals surface area contributed by atoms with Gasteiger partial charge in [-0.3, -0.25) is 9.78 Å². The number of aromatic nitrogens is 1. The SMILES string of the molecule is COc1ccc2cc(NC(=O)c3ccc(C)s3)cnc2c1. The van der Waals surface area contributed by atoms with Crippen LogP contribution in [0.4, 0.5) is 5.69 Å². The van der Waals surface area contributed by atoms with Gasteiger partial charge < -0.3 is 10.1 Å². The van der Waals surface area contributed by atoms with E-state index in [1.807, 2.05) is 43.3 Å². The van der Waals surface area contributed by atoms with Crippen molar-refractivity contribution in [1.82, 2.24) is 4.98 Å². The number of methoxy groups -OCH3 is 1. The first kappa shape index (κ1) is 13.6. The standard InChI is InChI=1S/C16H14N2O2S/c1-10-3-6-15(21-10)16(19)18-12-7-11-4-5-13(20-2)8-14(11)17-9-12/h3-9H,1-2H3,(H,18,19). The molecule has 5 heteroatoms. The fraction of sp³-hybridized carbons (Fsp3) is 0.125. The van der Waals surface area contributed by atoms with Crippen LogP contribution in [0.2, 0.25) is 0 Å². The molecule has 3 rings (SSSR count). The van der Waals surface area contributed by atoms with Gasteiger partial charge in [0.05, 0.1) is 29.4 Å². The van der Waals surface area contributed by atoms with Gasteiger partial charge in [0.25, 0.3) is 5.91 Å². The molecule has 2 heterocycles. The molecule has 0 aliphatic rings. The molecule has 0 spiro atoms. The van der Waals surface area contributed by atoms with E-state index in [1.54, 1.807) is 13.3 Å². The number of anilines is 1. The molecule has 1 amide bonds. The van der Waals surface area contributed by atoms with E-state index >= 15 is 0 Å². The highest BCUT2D eigenvalue weighted by molar-refractivity contribution is 7.14. The van der Waals surface area contributed by atoms with Gasteiger partial charge in [-0.15, -0.1) is 11.3 Å². The Balaban J connectivity index is 1.86. The van der Waals surface area contributed by atoms with Gasteiger partial charge in [0.2, 0.25) is 0 Å². The molecule has 0 bridgehead atoms. The van der Waals surface area contributed by atoms with Crippen LogP contribution in [0.15, 0.2) is 42.6 Å². The second-order valence-electron chi connectivity index (χ2n) is 4.65. The number of hydrogen-bond acceptors (Lipinski definition) is 4. The Morgan fingerprint density at radius 2 is 2.10 bits per heavy atom. The molecule has 0 aliphatic carbocycles. The molecular weight excluding hydrogens is 284 g/mol. The lowest BCUT2D eigenvalue weighted by atomic mass is 10.2. The van der Waals surface area contributed by atoms with Crippen molar-refractivity contribution >= 4 is 33.8 Å². The average molecular weight is 298 g/mol. The maximum Gasteiger partial charge on any atom is 0.265 e. The number of thiophene rings is 1. The monoisotopic (exact) mass is 298 g/mol. The number of ether oxygens (including phenoxy) is 1. The number of fused-ring (bicyclic) bond motifs is 1. The topological polar surface area (TPSA) is 51.2 Å². The van der Waals surface area contributed by atoms with Crippen LogP contribution in [-0.2, 0) is 0 Å². The molecular formula is C16H14N2O2S. The van der Waals surface area contributed by atoms with Gasteiger partial charge in [-0.25, -0.2) is 0 Å². The summed E-state index contributed by atoms with van der Waals surface area (Å²) in [5, 5.41) is 3.82. The summed E-state index contributed by atoms with van der Waals surface area (Å²) < 4.78 is 5.17. The molecule has 0 atom stereocenters. The predicted octanol–water partition coefficient (Wildman–Crippen LogP) is 3.87. The number of amides is 1. The minimum absolute atomic E-state index is 0.109. The lowest BCUT2D eigenvalue weighted by Crippen LogP contribution is -2.10. The third-order valence-corrected chi connectivity index (χ3v) is 4.11. The van der Waals surface area contributed by atoms with Crippen LogP contribution in [0, 0.1) is 6.92 Å². The molecule has 4 nitrogen and oxygen atoms in total. The maximum atomic E-state index is 12.1. The van der Waals surface area contributed by atoms with E-state index in [9.17, 15) is 4.79 Å². The van der Waals surface area contributed by atoms with Crippen LogP contribution < -0.4 is 10.1 Å². The Morgan fingerprint density at radius 3 is 2.81 bits per heavy atom. The predicted molar refractivity (Wildman–Crippen MR) is 85.3 cm³/mol. The van der Waals surface area contributed by atoms with Gasteiger partial charge in [0, 0.05) is 16.3 Å². The number of carbonyl (C=O) groups is 1. The molecule has 0 radical (unpaired) electrons. The Bertz CT molecular complexity index is 811. The number of nitrogens with one attached hydrogen (secondary N) is 1. The average Bonchev–Trinajstić information content (AvgIpc) is 2.93. The lowest BCUT2D eigenvalue weighted by molar-refractivity contribution is 0.103. The zero-order valence-corrected chi connectivity index (χ0v) is 12.5. The molecule has 0 unspecified atom stereocenters. The van der Waals surface area contributed by atoms with Gasteiger partial charge in [0.15, 0.2) is 0 Å². The van der Waals surface area contributed by atoms with Crippen molar-refractivity contribution in [2.45, 2.75) is 6.92 Å². The van der Waals surface area contributed by atoms with E-state index in [1.165, 1.54) is 11.3 Å². The quantitative estimate of drug-likeness (QED) is 0.798. The second kappa shape index (κ2) is 5.54. The fourth-order valence-corrected chi connectivity index (χ4v) is 2.81. The first-order valence-electron chi connectivity index (χ1n) is 6.47. The summed E-state index contributed by atoms with van der Waals surface area (Å²) in [6.45, 7) is 1.98. The van der Waals surface area contributed by atoms with Crippen molar-refractivity contribution in [3.05, 3.63) is 52.3 Å². The van der Waals surface area contributed by atoms with Crippen molar-refractivity contribution in [2.24, 2.45) is 0 Å². The van der Waals surface area contributed by atoms with E-state index in [0.717, 1.165) is 21.5 Å². The van der Waals surface area contributed by atoms with Crippen LogP contribution >= 0.6 is 11.3 Å². The van der Waals surface area contributed by atoms with Gasteiger partial charge in [-0.1, -0.05) is 0 Å². The minimum atomic E-state index is -0.109. The number of pyridine rings is 1. The van der Waals surface area contributed by atoms with E-state index in [4.69, 9.17) is 4.74 Å². The molecule has 0 aliphatic heterocycles. The zero-order chi connectivity index (χ0) is 14.8. The number of rotatable bonds is 3. The summed E-state index contributed by atoms with van der Waals surface area (Å²) in [5.74, 6) is 0.656. The molecule has 1 N–H and O–H groups in total. The van der Waals surface area contributed by atoms with Gasteiger partial charge >= 0.3 is 0 Å². The summed E-state index contributed by atoms with van der Waals surface area (Å²) in [7, 11) is 1.62. The Kier molecular flexibility index (Phi) is 3.58. The number of carbonyl (C=O) groups excluding carboxylic acids is 1. The van der Waals surface area contributed by atoms with Crippen molar-refractivity contribution in [3.8, 4) is 5.75 Å². The van der Waals surface area contributed by atoms with Gasteiger partial charge in [0.1, 0.15) is 5.75 Å². The minimum Gasteiger partial charge on any atom is -0.497 e. The third-order valence-electron chi connectivity index (χ3n) is 3.11. The molecule has 0 saturated carbocycles. The number of nitrogens with zero attached hydrogens (tertiary/aromatic N) is 1. The molecule has 106 valence electrons. The largest absolute Gasteiger partial charge is 0.497 e. The van der Waals surface area contributed by atoms with Crippen LogP contribution in [0.3, 0.4) is 0 Å². The summed E-state index contributed by atoms with van der Waals surface area (Å²) >= 11 is 1.47. The molecule has 1 aromatic carbocycles. The lowest BCUT2D eigenvalue weighted by Gasteiger charge is -2.06. The zero-order valence-electron chi connectivity index (χ0n) is 11.7. The third kappa shape index (κ3) is 2.87. The van der Waals surface area contributed by atoms with Gasteiger partial charge in [-0.05, 0) is 37.3 Å². The van der Waals surface area contributed by atoms with Gasteiger partial charge in [-0.2, -0.15) is 0 Å². The smallest absolute Gasteiger partial charge is 0.265 e. The first-order valence-corrected chi connectivity index (χ1v) is 7.29. The highest BCUT2D eigenvalue weighted by atomic mass is 32.1. The van der Waals surface area contributed by atoms with Crippen LogP contribution in [0.25, 0.3) is 10.9 Å². The first-order chi connectivity index (χ1) is 10.2. The molecule has 0 fully saturated rings. The van der Waals surface area contributed by atoms with E-state index in [0.29, 0.717) is 10.6 Å². The Morgan fingerprint density at radius 1 is 1.24 bits per heavy atom. The fourth-order valence-electron chi connectivity index (χ4n) is 2.05. The van der Waals surface area contributed by atoms with Crippen LogP contribution in [0.1, 0.15) is 14.5 Å². The normalized spacial score (nSPS) is 10.6. The number of aryl methyl sites for hydroxylation is 1. The van der Waals surface area contributed by atoms with E-state index in [-0.39, 0.29) is 5.91 Å². The molecule has 2 aromatic heterocycles. The van der Waals surface area contributed by atoms with E-state index < -0.39 is 0 Å². The number of hydrogen-bond donors (Lipinski definition) is 1. The van der Waals surface area contributed by atoms with E-state index in [2.05, 4.69) is 10.3 Å². The molecule has 21 heavy (non-hydrogen) atoms. The summed E-state index contributed by atoms with van der Waals surface area (Å²) in [5.41, 5.74) is 1.52. The summed E-state index contributed by atoms with van der Waals surface area (Å²) in [4.78, 5) is 18.3. The van der Waals surface area contributed by atoms with Crippen LogP contribution in [-0.4, -0.2) is 18.0 Å². The van der Waals surface area contributed by atoms with Crippen molar-refractivity contribution < 1.29 is 9.53 Å². The Hall–Kier alpha value is -2.40. The second-order valence-corrected chi connectivity index (χ2v) is 5.93. The van der Waals surface area contributed by atoms with Crippen molar-refractivity contribution in [2.75, 3.05) is 12.4 Å². The summed E-state index contributed by atoms with van der Waals surface area (Å²) in [6.07, 6.45) is 1.65. The maximum absolute atomic E-state index is 12.1. The number of benzene rings is 1.